The van der Waals surface area contributed by atoms with Crippen molar-refractivity contribution in [3.8, 4) is 11.5 Å². The van der Waals surface area contributed by atoms with Crippen LogP contribution in [0.3, 0.4) is 0 Å². The number of hydrogen-bond donors (Lipinski definition) is 1. The lowest BCUT2D eigenvalue weighted by atomic mass is 10.2. The van der Waals surface area contributed by atoms with Gasteiger partial charge in [-0.3, -0.25) is 0 Å². The normalized spacial score (nSPS) is 18.6. The first-order valence-corrected chi connectivity index (χ1v) is 6.72. The van der Waals surface area contributed by atoms with E-state index in [1.807, 2.05) is 0 Å². The molecule has 3 rings (SSSR count). The van der Waals surface area contributed by atoms with Crippen LogP contribution in [0.25, 0.3) is 11.5 Å². The molecule has 0 amide bonds. The number of benzene rings is 1. The van der Waals surface area contributed by atoms with Crippen LogP contribution in [0, 0.1) is 5.82 Å². The third kappa shape index (κ3) is 3.20. The average molecular weight is 277 g/mol. The molecule has 1 aliphatic heterocycles. The summed E-state index contributed by atoms with van der Waals surface area (Å²) >= 11 is 0. The summed E-state index contributed by atoms with van der Waals surface area (Å²) in [5.74, 6) is 0.499. The van der Waals surface area contributed by atoms with Crippen LogP contribution in [0.5, 0.6) is 0 Å². The van der Waals surface area contributed by atoms with E-state index in [4.69, 9.17) is 9.15 Å². The molecule has 6 heteroatoms. The van der Waals surface area contributed by atoms with Gasteiger partial charge in [0.05, 0.1) is 12.6 Å². The van der Waals surface area contributed by atoms with Crippen LogP contribution in [0.2, 0.25) is 0 Å². The maximum Gasteiger partial charge on any atom is 0.247 e. The zero-order valence-corrected chi connectivity index (χ0v) is 11.0. The van der Waals surface area contributed by atoms with Crippen molar-refractivity contribution in [1.29, 1.82) is 0 Å². The van der Waals surface area contributed by atoms with Crippen molar-refractivity contribution in [3.63, 3.8) is 0 Å². The number of nitrogens with one attached hydrogen (secondary N) is 1. The Morgan fingerprint density at radius 1 is 1.35 bits per heavy atom. The van der Waals surface area contributed by atoms with E-state index in [1.54, 1.807) is 12.1 Å². The molecule has 1 atom stereocenters. The van der Waals surface area contributed by atoms with E-state index in [1.165, 1.54) is 12.1 Å². The predicted octanol–water partition coefficient (Wildman–Crippen LogP) is 2.14. The van der Waals surface area contributed by atoms with Gasteiger partial charge in [0.1, 0.15) is 5.82 Å². The summed E-state index contributed by atoms with van der Waals surface area (Å²) in [4.78, 5) is 0. The van der Waals surface area contributed by atoms with E-state index in [0.717, 1.165) is 26.0 Å². The van der Waals surface area contributed by atoms with Gasteiger partial charge in [0.15, 0.2) is 0 Å². The minimum atomic E-state index is -0.321. The highest BCUT2D eigenvalue weighted by Gasteiger charge is 2.15. The summed E-state index contributed by atoms with van der Waals surface area (Å²) < 4.78 is 24.1. The molecule has 2 heterocycles. The van der Waals surface area contributed by atoms with Crippen LogP contribution in [-0.4, -0.2) is 29.5 Å². The zero-order valence-electron chi connectivity index (χ0n) is 11.0. The molecule has 106 valence electrons. The molecular formula is C14H16FN3O2. The largest absolute Gasteiger partial charge is 0.419 e. The van der Waals surface area contributed by atoms with Crippen LogP contribution in [0.4, 0.5) is 4.39 Å². The number of aromatic nitrogens is 2. The van der Waals surface area contributed by atoms with Gasteiger partial charge in [-0.2, -0.15) is 0 Å². The fourth-order valence-electron chi connectivity index (χ4n) is 2.21. The van der Waals surface area contributed by atoms with Crippen molar-refractivity contribution in [2.45, 2.75) is 25.5 Å². The van der Waals surface area contributed by atoms with Gasteiger partial charge < -0.3 is 14.5 Å². The van der Waals surface area contributed by atoms with Gasteiger partial charge in [0, 0.05) is 18.7 Å². The number of hydrogen-bond acceptors (Lipinski definition) is 5. The van der Waals surface area contributed by atoms with Crippen molar-refractivity contribution in [1.82, 2.24) is 15.5 Å². The first-order valence-electron chi connectivity index (χ1n) is 6.72. The molecule has 1 unspecified atom stereocenters. The number of rotatable bonds is 5. The van der Waals surface area contributed by atoms with Crippen LogP contribution >= 0.6 is 0 Å². The summed E-state index contributed by atoms with van der Waals surface area (Å²) in [6, 6.07) is 6.10. The van der Waals surface area contributed by atoms with E-state index >= 15 is 0 Å². The second-order valence-electron chi connectivity index (χ2n) is 4.78. The van der Waals surface area contributed by atoms with Crippen molar-refractivity contribution >= 4 is 0 Å². The summed E-state index contributed by atoms with van der Waals surface area (Å²) in [5.41, 5.74) is 0.586. The average Bonchev–Trinajstić information content (AvgIpc) is 3.10. The number of nitrogens with zero attached hydrogens (tertiary/aromatic N) is 2. The zero-order chi connectivity index (χ0) is 13.8. The van der Waals surface area contributed by atoms with Crippen LogP contribution in [-0.2, 0) is 11.3 Å². The molecular weight excluding hydrogens is 261 g/mol. The second kappa shape index (κ2) is 6.11. The molecule has 0 aliphatic carbocycles. The molecule has 1 saturated heterocycles. The number of ether oxygens (including phenoxy) is 1. The van der Waals surface area contributed by atoms with E-state index in [0.29, 0.717) is 23.9 Å². The molecule has 1 fully saturated rings. The topological polar surface area (TPSA) is 60.2 Å². The van der Waals surface area contributed by atoms with Gasteiger partial charge in [0.25, 0.3) is 0 Å². The molecule has 1 aromatic heterocycles. The van der Waals surface area contributed by atoms with E-state index in [-0.39, 0.29) is 11.9 Å². The first kappa shape index (κ1) is 13.2. The van der Waals surface area contributed by atoms with Gasteiger partial charge in [-0.1, -0.05) is 6.07 Å². The smallest absolute Gasteiger partial charge is 0.247 e. The van der Waals surface area contributed by atoms with Crippen molar-refractivity contribution in [3.05, 3.63) is 36.0 Å². The standard InChI is InChI=1S/C14H16FN3O2/c15-11-4-1-3-10(7-11)14-18-17-13(20-14)9-16-8-12-5-2-6-19-12/h1,3-4,7,12,16H,2,5-6,8-9H2. The maximum absolute atomic E-state index is 13.1. The predicted molar refractivity (Wildman–Crippen MR) is 70.4 cm³/mol. The lowest BCUT2D eigenvalue weighted by molar-refractivity contribution is 0.109. The lowest BCUT2D eigenvalue weighted by Gasteiger charge is -2.08. The monoisotopic (exact) mass is 277 g/mol. The van der Waals surface area contributed by atoms with E-state index in [9.17, 15) is 4.39 Å². The highest BCUT2D eigenvalue weighted by atomic mass is 19.1. The molecule has 2 aromatic rings. The van der Waals surface area contributed by atoms with Gasteiger partial charge >= 0.3 is 0 Å². The molecule has 1 aromatic carbocycles. The molecule has 0 saturated carbocycles. The van der Waals surface area contributed by atoms with Gasteiger partial charge in [-0.25, -0.2) is 4.39 Å². The lowest BCUT2D eigenvalue weighted by Crippen LogP contribution is -2.25. The third-order valence-corrected chi connectivity index (χ3v) is 3.21. The summed E-state index contributed by atoms with van der Waals surface area (Å²) in [5, 5.41) is 11.1. The Labute approximate surface area is 116 Å². The molecule has 20 heavy (non-hydrogen) atoms. The Morgan fingerprint density at radius 3 is 3.10 bits per heavy atom. The van der Waals surface area contributed by atoms with Crippen molar-refractivity contribution in [2.24, 2.45) is 0 Å². The minimum absolute atomic E-state index is 0.278. The maximum atomic E-state index is 13.1. The summed E-state index contributed by atoms with van der Waals surface area (Å²) in [7, 11) is 0. The third-order valence-electron chi connectivity index (χ3n) is 3.21. The molecule has 0 bridgehead atoms. The van der Waals surface area contributed by atoms with Gasteiger partial charge in [-0.05, 0) is 31.0 Å². The molecule has 0 radical (unpaired) electrons. The molecule has 1 N–H and O–H groups in total. The second-order valence-corrected chi connectivity index (χ2v) is 4.78. The van der Waals surface area contributed by atoms with E-state index < -0.39 is 0 Å². The number of halogens is 1. The highest BCUT2D eigenvalue weighted by Crippen LogP contribution is 2.18. The van der Waals surface area contributed by atoms with Crippen LogP contribution in [0.15, 0.2) is 28.7 Å². The Morgan fingerprint density at radius 2 is 2.30 bits per heavy atom. The van der Waals surface area contributed by atoms with Crippen molar-refractivity contribution in [2.75, 3.05) is 13.2 Å². The summed E-state index contributed by atoms with van der Waals surface area (Å²) in [6.45, 7) is 2.11. The summed E-state index contributed by atoms with van der Waals surface area (Å²) in [6.07, 6.45) is 2.49. The van der Waals surface area contributed by atoms with E-state index in [2.05, 4.69) is 15.5 Å². The Balaban J connectivity index is 1.56. The Hall–Kier alpha value is -1.79. The minimum Gasteiger partial charge on any atom is -0.419 e. The fraction of sp³-hybridized carbons (Fsp3) is 0.429. The molecule has 1 aliphatic rings. The van der Waals surface area contributed by atoms with Crippen LogP contribution in [0.1, 0.15) is 18.7 Å². The fourth-order valence-corrected chi connectivity index (χ4v) is 2.21. The van der Waals surface area contributed by atoms with Gasteiger partial charge in [0.2, 0.25) is 11.8 Å². The Bertz CT molecular complexity index is 567. The molecule has 5 nitrogen and oxygen atoms in total. The Kier molecular flexibility index (Phi) is 4.03. The quantitative estimate of drug-likeness (QED) is 0.907. The molecule has 0 spiro atoms. The van der Waals surface area contributed by atoms with Crippen LogP contribution < -0.4 is 5.32 Å². The van der Waals surface area contributed by atoms with Crippen molar-refractivity contribution < 1.29 is 13.5 Å². The SMILES string of the molecule is Fc1cccc(-c2nnc(CNCC3CCCO3)o2)c1. The first-order chi connectivity index (χ1) is 9.81. The van der Waals surface area contributed by atoms with Gasteiger partial charge in [-0.15, -0.1) is 10.2 Å². The highest BCUT2D eigenvalue weighted by molar-refractivity contribution is 5.52.